The zero-order valence-electron chi connectivity index (χ0n) is 32.6. The van der Waals surface area contributed by atoms with Crippen molar-refractivity contribution in [2.24, 2.45) is 0 Å². The lowest BCUT2D eigenvalue weighted by atomic mass is 10.0. The summed E-state index contributed by atoms with van der Waals surface area (Å²) in [5, 5.41) is 0. The first-order valence-electron chi connectivity index (χ1n) is 21.8. The first-order valence-corrected chi connectivity index (χ1v) is 21.8. The summed E-state index contributed by atoms with van der Waals surface area (Å²) in [7, 11) is 0. The van der Waals surface area contributed by atoms with Crippen LogP contribution in [0.4, 0.5) is 0 Å². The average Bonchev–Trinajstić information content (AvgIpc) is 3.46. The molecule has 2 heteroatoms. The van der Waals surface area contributed by atoms with Gasteiger partial charge in [0.15, 0.2) is 0 Å². The van der Waals surface area contributed by atoms with Crippen molar-refractivity contribution >= 4 is 0 Å². The molecule has 272 valence electrons. The van der Waals surface area contributed by atoms with Gasteiger partial charge in [-0.25, -0.2) is 9.13 Å². The summed E-state index contributed by atoms with van der Waals surface area (Å²) in [6.07, 6.45) is 55.2. The number of hydrogen-bond donors (Lipinski definition) is 0. The zero-order chi connectivity index (χ0) is 33.2. The van der Waals surface area contributed by atoms with Gasteiger partial charge in [-0.15, -0.1) is 0 Å². The molecule has 1 aromatic rings. The second-order valence-corrected chi connectivity index (χ2v) is 15.5. The van der Waals surface area contributed by atoms with Crippen LogP contribution in [0.1, 0.15) is 258 Å². The van der Waals surface area contributed by atoms with Crippen LogP contribution in [0.15, 0.2) is 12.4 Å². The Balaban J connectivity index is 1.98. The minimum atomic E-state index is 0.567. The van der Waals surface area contributed by atoms with Crippen LogP contribution in [0.2, 0.25) is 0 Å². The lowest BCUT2D eigenvalue weighted by Gasteiger charge is -2.08. The number of nitrogens with zero attached hydrogens (tertiary/aromatic N) is 2. The average molecular weight is 644 g/mol. The number of aromatic nitrogens is 2. The Kier molecular flexibility index (Phi) is 32.0. The molecule has 2 nitrogen and oxygen atoms in total. The van der Waals surface area contributed by atoms with Gasteiger partial charge in [0.1, 0.15) is 12.4 Å². The molecule has 0 fully saturated rings. The Hall–Kier alpha value is -0.790. The van der Waals surface area contributed by atoms with Crippen LogP contribution < -0.4 is 4.57 Å². The van der Waals surface area contributed by atoms with Crippen LogP contribution in [0, 0.1) is 0 Å². The molecule has 46 heavy (non-hydrogen) atoms. The molecule has 1 heterocycles. The van der Waals surface area contributed by atoms with Crippen molar-refractivity contribution in [2.45, 2.75) is 265 Å². The van der Waals surface area contributed by atoms with E-state index in [-0.39, 0.29) is 0 Å². The number of aryl methyl sites for hydroxylation is 1. The van der Waals surface area contributed by atoms with Crippen LogP contribution in [0.3, 0.4) is 0 Å². The smallest absolute Gasteiger partial charge is 0.234 e. The van der Waals surface area contributed by atoms with E-state index < -0.39 is 0 Å². The molecule has 0 saturated carbocycles. The Morgan fingerprint density at radius 2 is 0.696 bits per heavy atom. The molecular formula is C44H87N2+. The van der Waals surface area contributed by atoms with Crippen LogP contribution in [0.25, 0.3) is 0 Å². The molecule has 0 aromatic carbocycles. The molecular weight excluding hydrogens is 556 g/mol. The van der Waals surface area contributed by atoms with Crippen LogP contribution >= 0.6 is 0 Å². The van der Waals surface area contributed by atoms with Crippen molar-refractivity contribution < 1.29 is 4.57 Å². The number of rotatable bonds is 37. The number of unbranched alkanes of at least 4 members (excludes halogenated alkanes) is 32. The molecule has 0 saturated heterocycles. The standard InChI is InChI=1S/C44H87N2/c1-5-7-9-11-13-15-17-19-21-23-25-27-29-31-33-35-37-39-44-45(41-42-46(44)43(3)4)40-38-36-34-32-30-28-26-24-22-20-18-16-14-12-10-8-6-2/h41-43H,5-40H2,1-4H3/q+1. The lowest BCUT2D eigenvalue weighted by Crippen LogP contribution is -2.37. The third-order valence-corrected chi connectivity index (χ3v) is 10.6. The number of imidazole rings is 1. The molecule has 0 aliphatic rings. The Labute approximate surface area is 291 Å². The molecule has 0 atom stereocenters. The molecule has 0 N–H and O–H groups in total. The highest BCUT2D eigenvalue weighted by Crippen LogP contribution is 2.17. The van der Waals surface area contributed by atoms with Gasteiger partial charge in [-0.2, -0.15) is 0 Å². The summed E-state index contributed by atoms with van der Waals surface area (Å²) in [6.45, 7) is 10.5. The molecule has 0 spiro atoms. The fourth-order valence-corrected chi connectivity index (χ4v) is 7.43. The van der Waals surface area contributed by atoms with Crippen molar-refractivity contribution in [3.63, 3.8) is 0 Å². The third-order valence-electron chi connectivity index (χ3n) is 10.6. The Bertz CT molecular complexity index is 719. The molecule has 1 rings (SSSR count). The van der Waals surface area contributed by atoms with Gasteiger partial charge in [0, 0.05) is 6.42 Å². The summed E-state index contributed by atoms with van der Waals surface area (Å²) < 4.78 is 5.14. The van der Waals surface area contributed by atoms with Gasteiger partial charge >= 0.3 is 0 Å². The highest BCUT2D eigenvalue weighted by atomic mass is 15.2. The summed E-state index contributed by atoms with van der Waals surface area (Å²) in [6, 6.07) is 0.567. The number of hydrogen-bond acceptors (Lipinski definition) is 0. The van der Waals surface area contributed by atoms with Crippen LogP contribution in [-0.2, 0) is 13.0 Å². The van der Waals surface area contributed by atoms with E-state index in [1.807, 2.05) is 0 Å². The second-order valence-electron chi connectivity index (χ2n) is 15.5. The minimum Gasteiger partial charge on any atom is -0.234 e. The summed E-state index contributed by atoms with van der Waals surface area (Å²) in [5.74, 6) is 1.58. The zero-order valence-corrected chi connectivity index (χ0v) is 32.6. The molecule has 0 radical (unpaired) electrons. The van der Waals surface area contributed by atoms with E-state index in [0.717, 1.165) is 0 Å². The van der Waals surface area contributed by atoms with E-state index in [1.165, 1.54) is 231 Å². The molecule has 0 aliphatic heterocycles. The molecule has 1 aromatic heterocycles. The lowest BCUT2D eigenvalue weighted by molar-refractivity contribution is -0.704. The van der Waals surface area contributed by atoms with E-state index in [1.54, 1.807) is 5.82 Å². The highest BCUT2D eigenvalue weighted by molar-refractivity contribution is 4.86. The van der Waals surface area contributed by atoms with Gasteiger partial charge < -0.3 is 0 Å². The summed E-state index contributed by atoms with van der Waals surface area (Å²) in [5.41, 5.74) is 0. The summed E-state index contributed by atoms with van der Waals surface area (Å²) >= 11 is 0. The van der Waals surface area contributed by atoms with Crippen LogP contribution in [-0.4, -0.2) is 4.57 Å². The third kappa shape index (κ3) is 26.2. The van der Waals surface area contributed by atoms with Gasteiger partial charge in [-0.1, -0.05) is 213 Å². The topological polar surface area (TPSA) is 8.81 Å². The van der Waals surface area contributed by atoms with Crippen molar-refractivity contribution in [1.29, 1.82) is 0 Å². The van der Waals surface area contributed by atoms with Gasteiger partial charge in [0.25, 0.3) is 5.82 Å². The van der Waals surface area contributed by atoms with Crippen molar-refractivity contribution in [3.8, 4) is 0 Å². The maximum absolute atomic E-state index is 2.59. The maximum atomic E-state index is 2.59. The second kappa shape index (κ2) is 34.1. The van der Waals surface area contributed by atoms with Crippen LogP contribution in [0.5, 0.6) is 0 Å². The predicted molar refractivity (Wildman–Crippen MR) is 207 cm³/mol. The highest BCUT2D eigenvalue weighted by Gasteiger charge is 2.18. The van der Waals surface area contributed by atoms with Gasteiger partial charge in [-0.05, 0) is 33.1 Å². The van der Waals surface area contributed by atoms with E-state index in [2.05, 4.69) is 49.2 Å². The van der Waals surface area contributed by atoms with E-state index >= 15 is 0 Å². The SMILES string of the molecule is CCCCCCCCCCCCCCCCCCCc1n(C(C)C)cc[n+]1CCCCCCCCCCCCCCCCCCC. The maximum Gasteiger partial charge on any atom is 0.256 e. The van der Waals surface area contributed by atoms with Gasteiger partial charge in [-0.3, -0.25) is 0 Å². The Morgan fingerprint density at radius 3 is 1.00 bits per heavy atom. The quantitative estimate of drug-likeness (QED) is 0.0504. The first kappa shape index (κ1) is 43.2. The van der Waals surface area contributed by atoms with Crippen molar-refractivity contribution in [3.05, 3.63) is 18.2 Å². The molecule has 0 unspecified atom stereocenters. The van der Waals surface area contributed by atoms with E-state index in [9.17, 15) is 0 Å². The normalized spacial score (nSPS) is 11.8. The summed E-state index contributed by atoms with van der Waals surface area (Å²) in [4.78, 5) is 0. The van der Waals surface area contributed by atoms with E-state index in [4.69, 9.17) is 0 Å². The minimum absolute atomic E-state index is 0.567. The molecule has 0 bridgehead atoms. The van der Waals surface area contributed by atoms with Crippen molar-refractivity contribution in [1.82, 2.24) is 4.57 Å². The molecule has 0 amide bonds. The largest absolute Gasteiger partial charge is 0.256 e. The fourth-order valence-electron chi connectivity index (χ4n) is 7.43. The first-order chi connectivity index (χ1) is 22.7. The monoisotopic (exact) mass is 644 g/mol. The van der Waals surface area contributed by atoms with E-state index in [0.29, 0.717) is 6.04 Å². The van der Waals surface area contributed by atoms with Crippen molar-refractivity contribution in [2.75, 3.05) is 0 Å². The van der Waals surface area contributed by atoms with Gasteiger partial charge in [0.05, 0.1) is 12.6 Å². The van der Waals surface area contributed by atoms with Gasteiger partial charge in [0.2, 0.25) is 0 Å². The molecule has 0 aliphatic carbocycles. The predicted octanol–water partition coefficient (Wildman–Crippen LogP) is 15.2. The Morgan fingerprint density at radius 1 is 0.413 bits per heavy atom. The fraction of sp³-hybridized carbons (Fsp3) is 0.932.